The third-order valence-electron chi connectivity index (χ3n) is 3.70. The molecule has 0 radical (unpaired) electrons. The normalized spacial score (nSPS) is 12.0. The van der Waals surface area contributed by atoms with Gasteiger partial charge in [-0.05, 0) is 32.4 Å². The first kappa shape index (κ1) is 14.8. The zero-order valence-electron chi connectivity index (χ0n) is 13.5. The molecule has 3 rings (SSSR count). The molecule has 0 aliphatic heterocycles. The van der Waals surface area contributed by atoms with Crippen molar-refractivity contribution in [3.63, 3.8) is 0 Å². The van der Waals surface area contributed by atoms with E-state index < -0.39 is 0 Å². The van der Waals surface area contributed by atoms with Crippen LogP contribution < -0.4 is 5.32 Å². The standard InChI is InChI=1S/C19H23N3/c1-19(2,3)20-13-17-16-11-7-8-12-18(16)22(21-17)14-15-9-5-4-6-10-15/h4-12,20H,13-14H2,1-3H3. The van der Waals surface area contributed by atoms with Gasteiger partial charge in [0.1, 0.15) is 0 Å². The highest BCUT2D eigenvalue weighted by atomic mass is 15.3. The molecule has 114 valence electrons. The molecule has 0 atom stereocenters. The first-order chi connectivity index (χ1) is 10.5. The van der Waals surface area contributed by atoms with Gasteiger partial charge in [-0.15, -0.1) is 0 Å². The summed E-state index contributed by atoms with van der Waals surface area (Å²) in [4.78, 5) is 0. The molecule has 0 amide bonds. The van der Waals surface area contributed by atoms with Gasteiger partial charge in [-0.1, -0.05) is 48.5 Å². The lowest BCUT2D eigenvalue weighted by Crippen LogP contribution is -2.35. The second kappa shape index (κ2) is 5.93. The molecule has 22 heavy (non-hydrogen) atoms. The predicted molar refractivity (Wildman–Crippen MR) is 91.9 cm³/mol. The summed E-state index contributed by atoms with van der Waals surface area (Å²) in [6.45, 7) is 8.12. The Labute approximate surface area is 132 Å². The van der Waals surface area contributed by atoms with Crippen molar-refractivity contribution in [3.8, 4) is 0 Å². The average Bonchev–Trinajstić information content (AvgIpc) is 2.84. The molecule has 3 heteroatoms. The Balaban J connectivity index is 1.94. The second-order valence-corrected chi connectivity index (χ2v) is 6.71. The van der Waals surface area contributed by atoms with Gasteiger partial charge in [-0.2, -0.15) is 5.10 Å². The van der Waals surface area contributed by atoms with Crippen molar-refractivity contribution in [2.75, 3.05) is 0 Å². The van der Waals surface area contributed by atoms with Gasteiger partial charge in [0.05, 0.1) is 17.8 Å². The van der Waals surface area contributed by atoms with E-state index in [9.17, 15) is 0 Å². The number of fused-ring (bicyclic) bond motifs is 1. The molecule has 0 bridgehead atoms. The molecule has 1 heterocycles. The average molecular weight is 293 g/mol. The van der Waals surface area contributed by atoms with Gasteiger partial charge in [0, 0.05) is 17.5 Å². The molecule has 2 aromatic carbocycles. The van der Waals surface area contributed by atoms with Crippen LogP contribution in [0.5, 0.6) is 0 Å². The summed E-state index contributed by atoms with van der Waals surface area (Å²) in [5.74, 6) is 0. The fourth-order valence-electron chi connectivity index (χ4n) is 2.55. The van der Waals surface area contributed by atoms with Gasteiger partial charge in [0.15, 0.2) is 0 Å². The van der Waals surface area contributed by atoms with Crippen LogP contribution in [0, 0.1) is 0 Å². The predicted octanol–water partition coefficient (Wildman–Crippen LogP) is 3.97. The van der Waals surface area contributed by atoms with Crippen LogP contribution in [0.2, 0.25) is 0 Å². The van der Waals surface area contributed by atoms with Crippen LogP contribution in [0.3, 0.4) is 0 Å². The topological polar surface area (TPSA) is 29.9 Å². The molecule has 0 fully saturated rings. The number of nitrogens with one attached hydrogen (secondary N) is 1. The van der Waals surface area contributed by atoms with Crippen LogP contribution in [0.25, 0.3) is 10.9 Å². The number of benzene rings is 2. The Hall–Kier alpha value is -2.13. The van der Waals surface area contributed by atoms with E-state index in [1.165, 1.54) is 16.5 Å². The van der Waals surface area contributed by atoms with Gasteiger partial charge >= 0.3 is 0 Å². The van der Waals surface area contributed by atoms with Gasteiger partial charge in [0.25, 0.3) is 0 Å². The molecular weight excluding hydrogens is 270 g/mol. The minimum atomic E-state index is 0.0876. The van der Waals surface area contributed by atoms with E-state index in [-0.39, 0.29) is 5.54 Å². The lowest BCUT2D eigenvalue weighted by Gasteiger charge is -2.19. The van der Waals surface area contributed by atoms with Crippen molar-refractivity contribution in [2.24, 2.45) is 0 Å². The molecule has 1 N–H and O–H groups in total. The van der Waals surface area contributed by atoms with Crippen LogP contribution in [0.1, 0.15) is 32.0 Å². The molecular formula is C19H23N3. The lowest BCUT2D eigenvalue weighted by molar-refractivity contribution is 0.420. The summed E-state index contributed by atoms with van der Waals surface area (Å²) < 4.78 is 2.10. The SMILES string of the molecule is CC(C)(C)NCc1nn(Cc2ccccc2)c2ccccc12. The molecule has 3 aromatic rings. The van der Waals surface area contributed by atoms with E-state index >= 15 is 0 Å². The second-order valence-electron chi connectivity index (χ2n) is 6.71. The number of rotatable bonds is 4. The zero-order chi connectivity index (χ0) is 15.6. The summed E-state index contributed by atoms with van der Waals surface area (Å²) in [5.41, 5.74) is 3.66. The number of hydrogen-bond donors (Lipinski definition) is 1. The minimum Gasteiger partial charge on any atom is -0.306 e. The maximum atomic E-state index is 4.84. The Morgan fingerprint density at radius 3 is 2.36 bits per heavy atom. The fourth-order valence-corrected chi connectivity index (χ4v) is 2.55. The highest BCUT2D eigenvalue weighted by Gasteiger charge is 2.14. The van der Waals surface area contributed by atoms with E-state index in [0.29, 0.717) is 0 Å². The Bertz CT molecular complexity index is 751. The van der Waals surface area contributed by atoms with Gasteiger partial charge in [-0.25, -0.2) is 0 Å². The Morgan fingerprint density at radius 1 is 0.955 bits per heavy atom. The Morgan fingerprint density at radius 2 is 1.64 bits per heavy atom. The van der Waals surface area contributed by atoms with E-state index in [4.69, 9.17) is 5.10 Å². The largest absolute Gasteiger partial charge is 0.306 e. The van der Waals surface area contributed by atoms with Crippen molar-refractivity contribution < 1.29 is 0 Å². The van der Waals surface area contributed by atoms with Crippen molar-refractivity contribution in [1.82, 2.24) is 15.1 Å². The maximum Gasteiger partial charge on any atom is 0.0841 e. The van der Waals surface area contributed by atoms with Crippen molar-refractivity contribution in [1.29, 1.82) is 0 Å². The van der Waals surface area contributed by atoms with E-state index in [1.54, 1.807) is 0 Å². The van der Waals surface area contributed by atoms with Crippen molar-refractivity contribution in [3.05, 3.63) is 65.9 Å². The molecule has 0 unspecified atom stereocenters. The summed E-state index contributed by atoms with van der Waals surface area (Å²) in [7, 11) is 0. The van der Waals surface area contributed by atoms with Crippen LogP contribution in [0.15, 0.2) is 54.6 Å². The fraction of sp³-hybridized carbons (Fsp3) is 0.316. The minimum absolute atomic E-state index is 0.0876. The van der Waals surface area contributed by atoms with E-state index in [0.717, 1.165) is 18.8 Å². The maximum absolute atomic E-state index is 4.84. The Kier molecular flexibility index (Phi) is 3.99. The van der Waals surface area contributed by atoms with Crippen molar-refractivity contribution >= 4 is 10.9 Å². The summed E-state index contributed by atoms with van der Waals surface area (Å²) >= 11 is 0. The quantitative estimate of drug-likeness (QED) is 0.788. The third-order valence-corrected chi connectivity index (χ3v) is 3.70. The van der Waals surface area contributed by atoms with E-state index in [1.807, 2.05) is 6.07 Å². The number of aromatic nitrogens is 2. The molecule has 3 nitrogen and oxygen atoms in total. The molecule has 0 spiro atoms. The van der Waals surface area contributed by atoms with Crippen LogP contribution in [-0.2, 0) is 13.1 Å². The first-order valence-electron chi connectivity index (χ1n) is 7.76. The summed E-state index contributed by atoms with van der Waals surface area (Å²) in [6.07, 6.45) is 0. The monoisotopic (exact) mass is 293 g/mol. The third kappa shape index (κ3) is 3.37. The molecule has 0 aliphatic carbocycles. The number of nitrogens with zero attached hydrogens (tertiary/aromatic N) is 2. The molecule has 0 saturated carbocycles. The number of para-hydroxylation sites is 1. The highest BCUT2D eigenvalue weighted by molar-refractivity contribution is 5.82. The summed E-state index contributed by atoms with van der Waals surface area (Å²) in [5, 5.41) is 9.61. The summed E-state index contributed by atoms with van der Waals surface area (Å²) in [6, 6.07) is 18.9. The van der Waals surface area contributed by atoms with Gasteiger partial charge < -0.3 is 5.32 Å². The first-order valence-corrected chi connectivity index (χ1v) is 7.76. The molecule has 0 aliphatic rings. The molecule has 1 aromatic heterocycles. The van der Waals surface area contributed by atoms with Crippen molar-refractivity contribution in [2.45, 2.75) is 39.4 Å². The highest BCUT2D eigenvalue weighted by Crippen LogP contribution is 2.20. The van der Waals surface area contributed by atoms with Crippen LogP contribution >= 0.6 is 0 Å². The van der Waals surface area contributed by atoms with Crippen LogP contribution in [-0.4, -0.2) is 15.3 Å². The smallest absolute Gasteiger partial charge is 0.0841 e. The van der Waals surface area contributed by atoms with Crippen LogP contribution in [0.4, 0.5) is 0 Å². The number of hydrogen-bond acceptors (Lipinski definition) is 2. The van der Waals surface area contributed by atoms with E-state index in [2.05, 4.69) is 79.3 Å². The van der Waals surface area contributed by atoms with Gasteiger partial charge in [0.2, 0.25) is 0 Å². The van der Waals surface area contributed by atoms with Gasteiger partial charge in [-0.3, -0.25) is 4.68 Å². The zero-order valence-corrected chi connectivity index (χ0v) is 13.5. The molecule has 0 saturated heterocycles. The lowest BCUT2D eigenvalue weighted by atomic mass is 10.1.